The molecular formula is C13H9FN2O. The second-order valence-electron chi connectivity index (χ2n) is 3.54. The fourth-order valence-electron chi connectivity index (χ4n) is 1.37. The summed E-state index contributed by atoms with van der Waals surface area (Å²) >= 11 is 0. The lowest BCUT2D eigenvalue weighted by Gasteiger charge is -2.05. The topological polar surface area (TPSA) is 45.9 Å². The molecule has 0 bridgehead atoms. The van der Waals surface area contributed by atoms with Crippen LogP contribution in [-0.2, 0) is 0 Å². The van der Waals surface area contributed by atoms with Crippen LogP contribution in [0, 0.1) is 24.1 Å². The van der Waals surface area contributed by atoms with Gasteiger partial charge in [0.15, 0.2) is 0 Å². The Morgan fingerprint density at radius 2 is 1.94 bits per heavy atom. The Balaban J connectivity index is 2.27. The van der Waals surface area contributed by atoms with Gasteiger partial charge in [0.05, 0.1) is 0 Å². The lowest BCUT2D eigenvalue weighted by molar-refractivity contribution is 0.460. The zero-order valence-corrected chi connectivity index (χ0v) is 9.14. The molecule has 84 valence electrons. The van der Waals surface area contributed by atoms with Gasteiger partial charge in [0.1, 0.15) is 23.3 Å². The highest BCUT2D eigenvalue weighted by Gasteiger charge is 2.02. The highest BCUT2D eigenvalue weighted by atomic mass is 19.1. The zero-order chi connectivity index (χ0) is 12.3. The molecule has 1 aromatic heterocycles. The number of hydrogen-bond acceptors (Lipinski definition) is 3. The van der Waals surface area contributed by atoms with Gasteiger partial charge in [-0.1, -0.05) is 0 Å². The van der Waals surface area contributed by atoms with E-state index in [2.05, 4.69) is 4.98 Å². The van der Waals surface area contributed by atoms with Gasteiger partial charge in [-0.15, -0.1) is 0 Å². The van der Waals surface area contributed by atoms with Crippen LogP contribution < -0.4 is 4.74 Å². The quantitative estimate of drug-likeness (QED) is 0.792. The third-order valence-corrected chi connectivity index (χ3v) is 2.10. The second kappa shape index (κ2) is 4.62. The van der Waals surface area contributed by atoms with E-state index in [0.717, 1.165) is 5.56 Å². The summed E-state index contributed by atoms with van der Waals surface area (Å²) in [6, 6.07) is 10.9. The van der Waals surface area contributed by atoms with Gasteiger partial charge in [0.25, 0.3) is 0 Å². The Morgan fingerprint density at radius 3 is 2.59 bits per heavy atom. The summed E-state index contributed by atoms with van der Waals surface area (Å²) in [6.07, 6.45) is 0. The molecule has 0 unspecified atom stereocenters. The summed E-state index contributed by atoms with van der Waals surface area (Å²) in [7, 11) is 0. The minimum absolute atomic E-state index is 0.294. The number of nitrogens with zero attached hydrogens (tertiary/aromatic N) is 2. The van der Waals surface area contributed by atoms with E-state index in [0.29, 0.717) is 17.3 Å². The van der Waals surface area contributed by atoms with E-state index in [1.165, 1.54) is 24.3 Å². The molecule has 0 fully saturated rings. The Labute approximate surface area is 98.1 Å². The van der Waals surface area contributed by atoms with Crippen LogP contribution >= 0.6 is 0 Å². The summed E-state index contributed by atoms with van der Waals surface area (Å²) < 4.78 is 18.1. The molecule has 0 N–H and O–H groups in total. The van der Waals surface area contributed by atoms with E-state index in [1.807, 2.05) is 13.0 Å². The van der Waals surface area contributed by atoms with Gasteiger partial charge < -0.3 is 4.74 Å². The first-order valence-corrected chi connectivity index (χ1v) is 4.99. The van der Waals surface area contributed by atoms with E-state index in [9.17, 15) is 4.39 Å². The van der Waals surface area contributed by atoms with Gasteiger partial charge in [-0.25, -0.2) is 9.37 Å². The highest BCUT2D eigenvalue weighted by Crippen LogP contribution is 2.20. The van der Waals surface area contributed by atoms with E-state index in [4.69, 9.17) is 10.00 Å². The molecule has 1 aromatic carbocycles. The number of hydrogen-bond donors (Lipinski definition) is 0. The largest absolute Gasteiger partial charge is 0.439 e. The molecule has 4 heteroatoms. The van der Waals surface area contributed by atoms with Crippen LogP contribution in [0.25, 0.3) is 0 Å². The molecule has 17 heavy (non-hydrogen) atoms. The fourth-order valence-corrected chi connectivity index (χ4v) is 1.37. The number of rotatable bonds is 2. The molecule has 3 nitrogen and oxygen atoms in total. The highest BCUT2D eigenvalue weighted by molar-refractivity contribution is 5.33. The van der Waals surface area contributed by atoms with Gasteiger partial charge in [-0.05, 0) is 42.8 Å². The molecule has 0 aliphatic rings. The minimum atomic E-state index is -0.327. The van der Waals surface area contributed by atoms with Gasteiger partial charge in [-0.2, -0.15) is 5.26 Å². The maximum absolute atomic E-state index is 12.7. The van der Waals surface area contributed by atoms with Crippen molar-refractivity contribution in [3.8, 4) is 17.7 Å². The summed E-state index contributed by atoms with van der Waals surface area (Å²) in [5, 5.41) is 8.77. The van der Waals surface area contributed by atoms with Crippen LogP contribution in [0.4, 0.5) is 4.39 Å². The van der Waals surface area contributed by atoms with Crippen LogP contribution in [0.2, 0.25) is 0 Å². The first-order valence-electron chi connectivity index (χ1n) is 4.99. The molecule has 2 rings (SSSR count). The number of halogens is 1. The Hall–Kier alpha value is -2.41. The molecule has 1 heterocycles. The van der Waals surface area contributed by atoms with Crippen LogP contribution in [0.5, 0.6) is 11.6 Å². The fraction of sp³-hybridized carbons (Fsp3) is 0.0769. The van der Waals surface area contributed by atoms with E-state index < -0.39 is 0 Å². The smallest absolute Gasteiger partial charge is 0.220 e. The van der Waals surface area contributed by atoms with Crippen molar-refractivity contribution in [2.45, 2.75) is 6.92 Å². The van der Waals surface area contributed by atoms with Crippen LogP contribution in [0.1, 0.15) is 11.3 Å². The summed E-state index contributed by atoms with van der Waals surface area (Å²) in [4.78, 5) is 3.99. The maximum atomic E-state index is 12.7. The predicted octanol–water partition coefficient (Wildman–Crippen LogP) is 3.19. The van der Waals surface area contributed by atoms with Crippen molar-refractivity contribution >= 4 is 0 Å². The Bertz CT molecular complexity index is 573. The van der Waals surface area contributed by atoms with E-state index in [-0.39, 0.29) is 5.82 Å². The number of nitriles is 1. The average molecular weight is 228 g/mol. The van der Waals surface area contributed by atoms with Crippen molar-refractivity contribution in [3.63, 3.8) is 0 Å². The molecule has 0 spiro atoms. The summed E-state index contributed by atoms with van der Waals surface area (Å²) in [5.74, 6) is 0.480. The van der Waals surface area contributed by atoms with E-state index >= 15 is 0 Å². The minimum Gasteiger partial charge on any atom is -0.439 e. The molecular weight excluding hydrogens is 219 g/mol. The van der Waals surface area contributed by atoms with Gasteiger partial charge >= 0.3 is 0 Å². The normalized spacial score (nSPS) is 9.71. The van der Waals surface area contributed by atoms with Gasteiger partial charge in [0.2, 0.25) is 5.88 Å². The summed E-state index contributed by atoms with van der Waals surface area (Å²) in [6.45, 7) is 1.85. The third-order valence-electron chi connectivity index (χ3n) is 2.10. The first-order chi connectivity index (χ1) is 8.17. The molecule has 0 saturated carbocycles. The molecule has 0 atom stereocenters. The molecule has 0 aliphatic carbocycles. The lowest BCUT2D eigenvalue weighted by atomic mass is 10.2. The SMILES string of the molecule is Cc1cc(C#N)nc(Oc2ccc(F)cc2)c1. The van der Waals surface area contributed by atoms with Crippen molar-refractivity contribution in [1.29, 1.82) is 5.26 Å². The van der Waals surface area contributed by atoms with Crippen molar-refractivity contribution in [2.75, 3.05) is 0 Å². The standard InChI is InChI=1S/C13H9FN2O/c1-9-6-11(8-15)16-13(7-9)17-12-4-2-10(14)3-5-12/h2-7H,1H3. The molecule has 0 saturated heterocycles. The molecule has 2 aromatic rings. The predicted molar refractivity (Wildman–Crippen MR) is 60.2 cm³/mol. The number of pyridine rings is 1. The Kier molecular flexibility index (Phi) is 3.01. The van der Waals surface area contributed by atoms with Crippen molar-refractivity contribution < 1.29 is 9.13 Å². The van der Waals surface area contributed by atoms with E-state index in [1.54, 1.807) is 12.1 Å². The van der Waals surface area contributed by atoms with Crippen molar-refractivity contribution in [1.82, 2.24) is 4.98 Å². The van der Waals surface area contributed by atoms with Gasteiger partial charge in [-0.3, -0.25) is 0 Å². The van der Waals surface area contributed by atoms with Crippen LogP contribution in [0.3, 0.4) is 0 Å². The van der Waals surface area contributed by atoms with Crippen molar-refractivity contribution in [3.05, 3.63) is 53.5 Å². The number of aromatic nitrogens is 1. The summed E-state index contributed by atoms with van der Waals surface area (Å²) in [5.41, 5.74) is 1.18. The maximum Gasteiger partial charge on any atom is 0.220 e. The first kappa shape index (κ1) is 11.1. The zero-order valence-electron chi connectivity index (χ0n) is 9.14. The Morgan fingerprint density at radius 1 is 1.24 bits per heavy atom. The second-order valence-corrected chi connectivity index (χ2v) is 3.54. The number of aryl methyl sites for hydroxylation is 1. The molecule has 0 aliphatic heterocycles. The monoisotopic (exact) mass is 228 g/mol. The average Bonchev–Trinajstić information content (AvgIpc) is 2.31. The van der Waals surface area contributed by atoms with Gasteiger partial charge in [0, 0.05) is 6.07 Å². The number of benzene rings is 1. The van der Waals surface area contributed by atoms with Crippen LogP contribution in [-0.4, -0.2) is 4.98 Å². The lowest BCUT2D eigenvalue weighted by Crippen LogP contribution is -1.92. The van der Waals surface area contributed by atoms with Crippen LogP contribution in [0.15, 0.2) is 36.4 Å². The number of ether oxygens (including phenoxy) is 1. The molecule has 0 radical (unpaired) electrons. The van der Waals surface area contributed by atoms with Crippen molar-refractivity contribution in [2.24, 2.45) is 0 Å². The third kappa shape index (κ3) is 2.79. The molecule has 0 amide bonds.